The number of carbonyl (C=O) groups is 1. The molecule has 0 aliphatic rings. The van der Waals surface area contributed by atoms with Crippen LogP contribution in [0.2, 0.25) is 0 Å². The average molecular weight is 228 g/mol. The Morgan fingerprint density at radius 2 is 2.25 bits per heavy atom. The van der Waals surface area contributed by atoms with Gasteiger partial charge in [-0.1, -0.05) is 0 Å². The lowest BCUT2D eigenvalue weighted by Gasteiger charge is -2.26. The van der Waals surface area contributed by atoms with E-state index < -0.39 is 11.6 Å². The molecule has 6 nitrogen and oxygen atoms in total. The van der Waals surface area contributed by atoms with Gasteiger partial charge in [-0.3, -0.25) is 0 Å². The molecule has 0 aliphatic heterocycles. The fourth-order valence-corrected chi connectivity index (χ4v) is 1.29. The van der Waals surface area contributed by atoms with Gasteiger partial charge in [-0.2, -0.15) is 4.98 Å². The molecule has 0 saturated heterocycles. The molecule has 1 aromatic heterocycles. The number of likely N-dealkylation sites (N-methyl/N-ethyl adjacent to an activating group) is 1. The highest BCUT2D eigenvalue weighted by Gasteiger charge is 2.21. The lowest BCUT2D eigenvalue weighted by Crippen LogP contribution is -2.38. The maximum atomic E-state index is 10.6. The maximum Gasteiger partial charge on any atom is 0.357 e. The molecule has 1 aromatic rings. The quantitative estimate of drug-likeness (QED) is 0.780. The minimum atomic E-state index is -1.13. The molecular weight excluding hydrogens is 212 g/mol. The number of carboxylic acids is 1. The molecule has 0 aliphatic carbocycles. The van der Waals surface area contributed by atoms with Gasteiger partial charge in [-0.15, -0.1) is 0 Å². The standard InChI is InChI=1S/C10H16N2O4/c1-4-12(6-10(2,3)15)9-11-7(5-16-9)8(13)14/h5,15H,4,6H2,1-3H3,(H,13,14). The van der Waals surface area contributed by atoms with Crippen LogP contribution in [0.5, 0.6) is 0 Å². The van der Waals surface area contributed by atoms with Crippen LogP contribution < -0.4 is 4.90 Å². The first kappa shape index (κ1) is 12.5. The van der Waals surface area contributed by atoms with Crippen LogP contribution in [0.15, 0.2) is 10.7 Å². The Kier molecular flexibility index (Phi) is 3.54. The molecule has 0 saturated carbocycles. The van der Waals surface area contributed by atoms with Crippen molar-refractivity contribution >= 4 is 12.0 Å². The molecule has 90 valence electrons. The highest BCUT2D eigenvalue weighted by Crippen LogP contribution is 2.16. The smallest absolute Gasteiger partial charge is 0.357 e. The first-order valence-electron chi connectivity index (χ1n) is 4.99. The summed E-state index contributed by atoms with van der Waals surface area (Å²) >= 11 is 0. The van der Waals surface area contributed by atoms with Crippen molar-refractivity contribution in [2.45, 2.75) is 26.4 Å². The van der Waals surface area contributed by atoms with E-state index in [0.29, 0.717) is 13.1 Å². The molecule has 0 unspecified atom stereocenters. The third kappa shape index (κ3) is 3.23. The number of aromatic carboxylic acids is 1. The van der Waals surface area contributed by atoms with E-state index in [-0.39, 0.29) is 11.7 Å². The van der Waals surface area contributed by atoms with Crippen LogP contribution >= 0.6 is 0 Å². The Labute approximate surface area is 93.5 Å². The second-order valence-corrected chi connectivity index (χ2v) is 4.15. The van der Waals surface area contributed by atoms with Gasteiger partial charge in [0.05, 0.1) is 12.1 Å². The Balaban J connectivity index is 2.83. The maximum absolute atomic E-state index is 10.6. The lowest BCUT2D eigenvalue weighted by atomic mass is 10.1. The molecule has 0 aromatic carbocycles. The zero-order valence-electron chi connectivity index (χ0n) is 9.60. The SMILES string of the molecule is CCN(CC(C)(C)O)c1nc(C(=O)O)co1. The van der Waals surface area contributed by atoms with Crippen molar-refractivity contribution in [1.82, 2.24) is 4.98 Å². The van der Waals surface area contributed by atoms with Crippen LogP contribution in [0.1, 0.15) is 31.3 Å². The normalized spacial score (nSPS) is 11.5. The number of anilines is 1. The average Bonchev–Trinajstić information content (AvgIpc) is 2.61. The van der Waals surface area contributed by atoms with Crippen LogP contribution in [0.3, 0.4) is 0 Å². The second-order valence-electron chi connectivity index (χ2n) is 4.15. The van der Waals surface area contributed by atoms with Crippen molar-refractivity contribution < 1.29 is 19.4 Å². The van der Waals surface area contributed by atoms with E-state index in [1.165, 1.54) is 0 Å². The number of aliphatic hydroxyl groups is 1. The summed E-state index contributed by atoms with van der Waals surface area (Å²) in [5, 5.41) is 18.4. The third-order valence-electron chi connectivity index (χ3n) is 1.94. The van der Waals surface area contributed by atoms with Gasteiger partial charge in [-0.05, 0) is 20.8 Å². The van der Waals surface area contributed by atoms with Crippen LogP contribution in [0.4, 0.5) is 6.01 Å². The predicted molar refractivity (Wildman–Crippen MR) is 57.6 cm³/mol. The van der Waals surface area contributed by atoms with Gasteiger partial charge >= 0.3 is 5.97 Å². The first-order valence-corrected chi connectivity index (χ1v) is 4.99. The summed E-state index contributed by atoms with van der Waals surface area (Å²) in [4.78, 5) is 16.1. The van der Waals surface area contributed by atoms with E-state index in [9.17, 15) is 9.90 Å². The fourth-order valence-electron chi connectivity index (χ4n) is 1.29. The molecule has 0 fully saturated rings. The Bertz CT molecular complexity index is 367. The van der Waals surface area contributed by atoms with E-state index in [4.69, 9.17) is 9.52 Å². The Morgan fingerprint density at radius 1 is 1.62 bits per heavy atom. The summed E-state index contributed by atoms with van der Waals surface area (Å²) in [7, 11) is 0. The Morgan fingerprint density at radius 3 is 2.62 bits per heavy atom. The molecule has 1 heterocycles. The van der Waals surface area contributed by atoms with Crippen LogP contribution in [0.25, 0.3) is 0 Å². The van der Waals surface area contributed by atoms with Crippen LogP contribution in [-0.2, 0) is 0 Å². The highest BCUT2D eigenvalue weighted by atomic mass is 16.4. The van der Waals surface area contributed by atoms with Crippen LogP contribution in [0, 0.1) is 0 Å². The number of oxazole rings is 1. The Hall–Kier alpha value is -1.56. The summed E-state index contributed by atoms with van der Waals surface area (Å²) in [5.41, 5.74) is -1.03. The number of hydrogen-bond donors (Lipinski definition) is 2. The van der Waals surface area contributed by atoms with E-state index in [2.05, 4.69) is 4.98 Å². The van der Waals surface area contributed by atoms with Crippen molar-refractivity contribution in [2.24, 2.45) is 0 Å². The molecular formula is C10H16N2O4. The van der Waals surface area contributed by atoms with E-state index in [1.54, 1.807) is 18.7 Å². The number of carboxylic acid groups (broad SMARTS) is 1. The highest BCUT2D eigenvalue weighted by molar-refractivity contribution is 5.85. The largest absolute Gasteiger partial charge is 0.476 e. The van der Waals surface area contributed by atoms with Gasteiger partial charge in [0, 0.05) is 6.54 Å². The van der Waals surface area contributed by atoms with Crippen molar-refractivity contribution in [2.75, 3.05) is 18.0 Å². The molecule has 0 atom stereocenters. The van der Waals surface area contributed by atoms with Gasteiger partial charge in [0.2, 0.25) is 0 Å². The summed E-state index contributed by atoms with van der Waals surface area (Å²) in [5.74, 6) is -1.13. The molecule has 0 radical (unpaired) electrons. The predicted octanol–water partition coefficient (Wildman–Crippen LogP) is 0.970. The number of nitrogens with zero attached hydrogens (tertiary/aromatic N) is 2. The van der Waals surface area contributed by atoms with Crippen molar-refractivity contribution in [1.29, 1.82) is 0 Å². The first-order chi connectivity index (χ1) is 7.33. The van der Waals surface area contributed by atoms with Gasteiger partial charge in [0.15, 0.2) is 5.69 Å². The number of hydrogen-bond acceptors (Lipinski definition) is 5. The molecule has 16 heavy (non-hydrogen) atoms. The zero-order chi connectivity index (χ0) is 12.3. The van der Waals surface area contributed by atoms with Crippen molar-refractivity contribution in [3.8, 4) is 0 Å². The van der Waals surface area contributed by atoms with Gasteiger partial charge in [0.1, 0.15) is 6.26 Å². The van der Waals surface area contributed by atoms with E-state index >= 15 is 0 Å². The monoisotopic (exact) mass is 228 g/mol. The summed E-state index contributed by atoms with van der Waals surface area (Å²) < 4.78 is 5.05. The van der Waals surface area contributed by atoms with Gasteiger partial charge in [-0.25, -0.2) is 4.79 Å². The molecule has 0 spiro atoms. The number of aromatic nitrogens is 1. The van der Waals surface area contributed by atoms with Gasteiger partial charge in [0.25, 0.3) is 6.01 Å². The van der Waals surface area contributed by atoms with Crippen LogP contribution in [-0.4, -0.2) is 39.9 Å². The molecule has 0 amide bonds. The molecule has 6 heteroatoms. The van der Waals surface area contributed by atoms with E-state index in [1.807, 2.05) is 6.92 Å². The fraction of sp³-hybridized carbons (Fsp3) is 0.600. The summed E-state index contributed by atoms with van der Waals surface area (Å²) in [6, 6.07) is 0.210. The molecule has 0 bridgehead atoms. The summed E-state index contributed by atoms with van der Waals surface area (Å²) in [6.07, 6.45) is 1.09. The van der Waals surface area contributed by atoms with Crippen molar-refractivity contribution in [3.63, 3.8) is 0 Å². The van der Waals surface area contributed by atoms with Crippen molar-refractivity contribution in [3.05, 3.63) is 12.0 Å². The zero-order valence-corrected chi connectivity index (χ0v) is 9.60. The topological polar surface area (TPSA) is 86.8 Å². The van der Waals surface area contributed by atoms with E-state index in [0.717, 1.165) is 6.26 Å². The second kappa shape index (κ2) is 4.52. The summed E-state index contributed by atoms with van der Waals surface area (Å²) in [6.45, 7) is 6.09. The minimum Gasteiger partial charge on any atom is -0.476 e. The van der Waals surface area contributed by atoms with Gasteiger partial charge < -0.3 is 19.5 Å². The third-order valence-corrected chi connectivity index (χ3v) is 1.94. The number of rotatable bonds is 5. The lowest BCUT2D eigenvalue weighted by molar-refractivity contribution is 0.0690. The minimum absolute atomic E-state index is 0.135. The molecule has 1 rings (SSSR count). The molecule has 2 N–H and O–H groups in total.